The molecule has 132 valence electrons. The molecule has 3 rings (SSSR count). The summed E-state index contributed by atoms with van der Waals surface area (Å²) in [6.45, 7) is -0.592. The Morgan fingerprint density at radius 1 is 1.15 bits per heavy atom. The van der Waals surface area contributed by atoms with E-state index < -0.39 is 24.2 Å². The SMILES string of the molecule is O=C(O)CNC(=O)c1ncc(-c2cc(-c3ccc(F)cc3)no2)cc1O. The average Bonchev–Trinajstić information content (AvgIpc) is 3.10. The molecule has 0 spiro atoms. The lowest BCUT2D eigenvalue weighted by molar-refractivity contribution is -0.135. The normalized spacial score (nSPS) is 10.5. The molecule has 0 aliphatic rings. The van der Waals surface area contributed by atoms with Crippen LogP contribution in [-0.2, 0) is 4.79 Å². The molecule has 2 heterocycles. The van der Waals surface area contributed by atoms with E-state index in [1.54, 1.807) is 18.2 Å². The molecule has 0 fully saturated rings. The predicted molar refractivity (Wildman–Crippen MR) is 86.8 cm³/mol. The molecule has 2 aromatic heterocycles. The van der Waals surface area contributed by atoms with Gasteiger partial charge in [-0.15, -0.1) is 0 Å². The number of hydrogen-bond donors (Lipinski definition) is 3. The van der Waals surface area contributed by atoms with Crippen LogP contribution in [0.15, 0.2) is 47.1 Å². The summed E-state index contributed by atoms with van der Waals surface area (Å²) in [5, 5.41) is 24.5. The van der Waals surface area contributed by atoms with Crippen LogP contribution in [-0.4, -0.2) is 38.8 Å². The summed E-state index contributed by atoms with van der Waals surface area (Å²) in [6, 6.07) is 8.50. The first-order valence-electron chi connectivity index (χ1n) is 7.36. The second-order valence-electron chi connectivity index (χ2n) is 5.25. The quantitative estimate of drug-likeness (QED) is 0.638. The molecule has 0 aliphatic carbocycles. The van der Waals surface area contributed by atoms with Crippen molar-refractivity contribution in [2.45, 2.75) is 0 Å². The highest BCUT2D eigenvalue weighted by atomic mass is 19.1. The van der Waals surface area contributed by atoms with Crippen molar-refractivity contribution in [1.82, 2.24) is 15.5 Å². The molecule has 1 amide bonds. The van der Waals surface area contributed by atoms with Crippen LogP contribution in [0.2, 0.25) is 0 Å². The van der Waals surface area contributed by atoms with Gasteiger partial charge in [0.25, 0.3) is 5.91 Å². The van der Waals surface area contributed by atoms with Crippen molar-refractivity contribution in [1.29, 1.82) is 0 Å². The van der Waals surface area contributed by atoms with Crippen LogP contribution in [0.1, 0.15) is 10.5 Å². The van der Waals surface area contributed by atoms with E-state index in [2.05, 4.69) is 15.5 Å². The van der Waals surface area contributed by atoms with Crippen molar-refractivity contribution in [3.8, 4) is 28.3 Å². The van der Waals surface area contributed by atoms with Crippen LogP contribution in [0.25, 0.3) is 22.6 Å². The number of carbonyl (C=O) groups excluding carboxylic acids is 1. The minimum atomic E-state index is -1.22. The third kappa shape index (κ3) is 3.66. The van der Waals surface area contributed by atoms with E-state index in [4.69, 9.17) is 9.63 Å². The Hall–Kier alpha value is -3.75. The largest absolute Gasteiger partial charge is 0.505 e. The Morgan fingerprint density at radius 2 is 1.88 bits per heavy atom. The van der Waals surface area contributed by atoms with Gasteiger partial charge in [0.05, 0.1) is 0 Å². The molecular weight excluding hydrogens is 345 g/mol. The summed E-state index contributed by atoms with van der Waals surface area (Å²) in [5.41, 5.74) is 1.15. The molecule has 3 N–H and O–H groups in total. The van der Waals surface area contributed by atoms with Crippen molar-refractivity contribution in [2.75, 3.05) is 6.54 Å². The van der Waals surface area contributed by atoms with Gasteiger partial charge >= 0.3 is 5.97 Å². The van der Waals surface area contributed by atoms with Gasteiger partial charge in [-0.25, -0.2) is 9.37 Å². The summed E-state index contributed by atoms with van der Waals surface area (Å²) >= 11 is 0. The van der Waals surface area contributed by atoms with Gasteiger partial charge in [0, 0.05) is 23.4 Å². The predicted octanol–water partition coefficient (Wildman–Crippen LogP) is 2.06. The summed E-state index contributed by atoms with van der Waals surface area (Å²) in [7, 11) is 0. The van der Waals surface area contributed by atoms with E-state index in [1.165, 1.54) is 24.4 Å². The molecule has 0 radical (unpaired) electrons. The van der Waals surface area contributed by atoms with Gasteiger partial charge in [0.2, 0.25) is 0 Å². The van der Waals surface area contributed by atoms with E-state index in [0.717, 1.165) is 0 Å². The van der Waals surface area contributed by atoms with Gasteiger partial charge in [-0.1, -0.05) is 5.16 Å². The summed E-state index contributed by atoms with van der Waals surface area (Å²) in [6.07, 6.45) is 1.28. The molecule has 0 aliphatic heterocycles. The number of nitrogens with zero attached hydrogens (tertiary/aromatic N) is 2. The zero-order valence-electron chi connectivity index (χ0n) is 13.1. The second-order valence-corrected chi connectivity index (χ2v) is 5.25. The van der Waals surface area contributed by atoms with Crippen molar-refractivity contribution < 1.29 is 28.7 Å². The number of carboxylic acids is 1. The molecule has 3 aromatic rings. The van der Waals surface area contributed by atoms with E-state index in [9.17, 15) is 19.1 Å². The number of amides is 1. The fourth-order valence-corrected chi connectivity index (χ4v) is 2.17. The number of halogens is 1. The highest BCUT2D eigenvalue weighted by Gasteiger charge is 2.17. The molecule has 9 heteroatoms. The Morgan fingerprint density at radius 3 is 2.54 bits per heavy atom. The maximum Gasteiger partial charge on any atom is 0.322 e. The highest BCUT2D eigenvalue weighted by Crippen LogP contribution is 2.28. The van der Waals surface area contributed by atoms with Crippen molar-refractivity contribution >= 4 is 11.9 Å². The smallest absolute Gasteiger partial charge is 0.322 e. The van der Waals surface area contributed by atoms with E-state index >= 15 is 0 Å². The summed E-state index contributed by atoms with van der Waals surface area (Å²) in [5.74, 6) is -2.57. The van der Waals surface area contributed by atoms with Crippen molar-refractivity contribution in [2.24, 2.45) is 0 Å². The Bertz CT molecular complexity index is 969. The molecule has 26 heavy (non-hydrogen) atoms. The first kappa shape index (κ1) is 17.1. The number of aromatic nitrogens is 2. The summed E-state index contributed by atoms with van der Waals surface area (Å²) in [4.78, 5) is 26.1. The number of aromatic hydroxyl groups is 1. The first-order chi connectivity index (χ1) is 12.4. The number of pyridine rings is 1. The van der Waals surface area contributed by atoms with Crippen LogP contribution < -0.4 is 5.32 Å². The fraction of sp³-hybridized carbons (Fsp3) is 0.0588. The minimum Gasteiger partial charge on any atom is -0.505 e. The van der Waals surface area contributed by atoms with Crippen molar-refractivity contribution in [3.05, 3.63) is 54.1 Å². The maximum atomic E-state index is 13.0. The Labute approximate surface area is 145 Å². The number of nitrogens with one attached hydrogen (secondary N) is 1. The number of carboxylic acid groups (broad SMARTS) is 1. The zero-order chi connectivity index (χ0) is 18.7. The number of hydrogen-bond acceptors (Lipinski definition) is 6. The van der Waals surface area contributed by atoms with Crippen LogP contribution in [0.3, 0.4) is 0 Å². The van der Waals surface area contributed by atoms with Crippen LogP contribution >= 0.6 is 0 Å². The van der Waals surface area contributed by atoms with Gasteiger partial charge in [-0.3, -0.25) is 9.59 Å². The van der Waals surface area contributed by atoms with Gasteiger partial charge in [0.1, 0.15) is 23.8 Å². The molecule has 0 bridgehead atoms. The molecular formula is C17H12FN3O5. The van der Waals surface area contributed by atoms with Crippen LogP contribution in [0.5, 0.6) is 5.75 Å². The molecule has 0 atom stereocenters. The maximum absolute atomic E-state index is 13.0. The highest BCUT2D eigenvalue weighted by molar-refractivity contribution is 5.96. The lowest BCUT2D eigenvalue weighted by Crippen LogP contribution is -2.29. The standard InChI is InChI=1S/C17H12FN3O5/c18-11-3-1-9(2-4-11)12-6-14(26-21-12)10-5-13(22)16(19-7-10)17(25)20-8-15(23)24/h1-7,22H,8H2,(H,20,25)(H,23,24). The fourth-order valence-electron chi connectivity index (χ4n) is 2.17. The number of rotatable bonds is 5. The van der Waals surface area contributed by atoms with E-state index in [0.29, 0.717) is 16.8 Å². The molecule has 0 saturated heterocycles. The van der Waals surface area contributed by atoms with Gasteiger partial charge in [0.15, 0.2) is 11.5 Å². The van der Waals surface area contributed by atoms with Gasteiger partial charge < -0.3 is 20.1 Å². The lowest BCUT2D eigenvalue weighted by atomic mass is 10.1. The second kappa shape index (κ2) is 7.01. The first-order valence-corrected chi connectivity index (χ1v) is 7.36. The zero-order valence-corrected chi connectivity index (χ0v) is 13.1. The lowest BCUT2D eigenvalue weighted by Gasteiger charge is -2.05. The Kier molecular flexibility index (Phi) is 4.61. The number of aliphatic carboxylic acids is 1. The minimum absolute atomic E-state index is 0.282. The molecule has 0 unspecified atom stereocenters. The molecule has 8 nitrogen and oxygen atoms in total. The average molecular weight is 357 g/mol. The topological polar surface area (TPSA) is 126 Å². The number of benzene rings is 1. The Balaban J connectivity index is 1.82. The van der Waals surface area contributed by atoms with Crippen molar-refractivity contribution in [3.63, 3.8) is 0 Å². The van der Waals surface area contributed by atoms with E-state index in [-0.39, 0.29) is 17.3 Å². The molecule has 0 saturated carbocycles. The third-order valence-corrected chi connectivity index (χ3v) is 3.42. The van der Waals surface area contributed by atoms with Crippen LogP contribution in [0, 0.1) is 5.82 Å². The van der Waals surface area contributed by atoms with E-state index in [1.807, 2.05) is 0 Å². The monoisotopic (exact) mass is 357 g/mol. The number of carbonyl (C=O) groups is 2. The third-order valence-electron chi connectivity index (χ3n) is 3.42. The van der Waals surface area contributed by atoms with Crippen LogP contribution in [0.4, 0.5) is 4.39 Å². The van der Waals surface area contributed by atoms with Gasteiger partial charge in [-0.05, 0) is 30.3 Å². The molecule has 1 aromatic carbocycles. The summed E-state index contributed by atoms with van der Waals surface area (Å²) < 4.78 is 18.2. The van der Waals surface area contributed by atoms with Gasteiger partial charge in [-0.2, -0.15) is 0 Å².